The molecule has 1 unspecified atom stereocenters. The fraction of sp³-hybridized carbons (Fsp3) is 0.824. The molecule has 0 aromatic carbocycles. The molecule has 1 aliphatic heterocycles. The number of amides is 1. The second-order valence-corrected chi connectivity index (χ2v) is 8.71. The predicted molar refractivity (Wildman–Crippen MR) is 98.2 cm³/mol. The molecule has 0 aromatic heterocycles. The number of nitrogens with zero attached hydrogens (tertiary/aromatic N) is 3. The highest BCUT2D eigenvalue weighted by Crippen LogP contribution is 2.38. The lowest BCUT2D eigenvalue weighted by Gasteiger charge is -2.37. The SMILES string of the molecule is CN=C(C)SC(C)(CC=O)CC1CCN(C(=O)CN(C)C)CC1. The average molecular weight is 342 g/mol. The summed E-state index contributed by atoms with van der Waals surface area (Å²) in [5.74, 6) is 0.785. The first-order chi connectivity index (χ1) is 10.8. The fourth-order valence-corrected chi connectivity index (χ4v) is 4.39. The van der Waals surface area contributed by atoms with Crippen LogP contribution in [0.2, 0.25) is 0 Å². The summed E-state index contributed by atoms with van der Waals surface area (Å²) >= 11 is 1.71. The van der Waals surface area contributed by atoms with Gasteiger partial charge in [-0.25, -0.2) is 0 Å². The number of thioether (sulfide) groups is 1. The van der Waals surface area contributed by atoms with E-state index < -0.39 is 0 Å². The van der Waals surface area contributed by atoms with Crippen LogP contribution in [0.15, 0.2) is 4.99 Å². The molecule has 1 heterocycles. The number of rotatable bonds is 7. The summed E-state index contributed by atoms with van der Waals surface area (Å²) in [5.41, 5.74) is 0. The third-order valence-electron chi connectivity index (χ3n) is 4.36. The Hall–Kier alpha value is -0.880. The van der Waals surface area contributed by atoms with E-state index in [1.165, 1.54) is 0 Å². The number of likely N-dealkylation sites (N-methyl/N-ethyl adjacent to an activating group) is 1. The monoisotopic (exact) mass is 341 g/mol. The zero-order chi connectivity index (χ0) is 17.5. The molecule has 23 heavy (non-hydrogen) atoms. The molecule has 6 heteroatoms. The highest BCUT2D eigenvalue weighted by Gasteiger charge is 2.32. The lowest BCUT2D eigenvalue weighted by atomic mass is 9.86. The van der Waals surface area contributed by atoms with Gasteiger partial charge in [-0.05, 0) is 53.1 Å². The molecule has 1 rings (SSSR count). The topological polar surface area (TPSA) is 53.0 Å². The molecule has 0 saturated carbocycles. The predicted octanol–water partition coefficient (Wildman–Crippen LogP) is 2.31. The minimum Gasteiger partial charge on any atom is -0.342 e. The maximum absolute atomic E-state index is 12.1. The summed E-state index contributed by atoms with van der Waals surface area (Å²) in [7, 11) is 5.63. The molecule has 1 aliphatic rings. The maximum atomic E-state index is 12.1. The van der Waals surface area contributed by atoms with Crippen molar-refractivity contribution in [3.63, 3.8) is 0 Å². The molecule has 1 fully saturated rings. The van der Waals surface area contributed by atoms with E-state index in [1.807, 2.05) is 30.8 Å². The normalized spacial score (nSPS) is 19.7. The molecular formula is C17H31N3O2S. The molecule has 0 N–H and O–H groups in total. The Morgan fingerprint density at radius 1 is 1.39 bits per heavy atom. The first kappa shape index (κ1) is 20.2. The number of aliphatic imine (C=N–C) groups is 1. The number of hydrogen-bond acceptors (Lipinski definition) is 5. The van der Waals surface area contributed by atoms with Crippen molar-refractivity contribution < 1.29 is 9.59 Å². The number of carbonyl (C=O) groups excluding carboxylic acids is 2. The van der Waals surface area contributed by atoms with Crippen LogP contribution in [0, 0.1) is 5.92 Å². The molecule has 1 saturated heterocycles. The van der Waals surface area contributed by atoms with Gasteiger partial charge in [0.15, 0.2) is 0 Å². The van der Waals surface area contributed by atoms with E-state index in [4.69, 9.17) is 0 Å². The average Bonchev–Trinajstić information content (AvgIpc) is 2.47. The molecule has 0 aromatic rings. The zero-order valence-electron chi connectivity index (χ0n) is 15.2. The van der Waals surface area contributed by atoms with E-state index in [2.05, 4.69) is 11.9 Å². The van der Waals surface area contributed by atoms with Gasteiger partial charge in [0.05, 0.1) is 11.6 Å². The molecule has 0 bridgehead atoms. The minimum atomic E-state index is -0.0914. The Balaban J connectivity index is 2.55. The lowest BCUT2D eigenvalue weighted by Crippen LogP contribution is -2.43. The molecule has 5 nitrogen and oxygen atoms in total. The molecule has 0 aliphatic carbocycles. The first-order valence-electron chi connectivity index (χ1n) is 8.28. The molecule has 1 atom stereocenters. The number of piperidine rings is 1. The van der Waals surface area contributed by atoms with Crippen molar-refractivity contribution in [2.75, 3.05) is 40.8 Å². The lowest BCUT2D eigenvalue weighted by molar-refractivity contribution is -0.133. The Morgan fingerprint density at radius 3 is 2.48 bits per heavy atom. The second-order valence-electron chi connectivity index (χ2n) is 6.93. The van der Waals surface area contributed by atoms with Crippen molar-refractivity contribution in [1.29, 1.82) is 0 Å². The van der Waals surface area contributed by atoms with Crippen LogP contribution in [-0.2, 0) is 9.59 Å². The maximum Gasteiger partial charge on any atom is 0.236 e. The van der Waals surface area contributed by atoms with Crippen LogP contribution in [0.3, 0.4) is 0 Å². The van der Waals surface area contributed by atoms with E-state index in [0.717, 1.165) is 43.7 Å². The van der Waals surface area contributed by atoms with E-state index in [9.17, 15) is 9.59 Å². The second kappa shape index (κ2) is 9.42. The van der Waals surface area contributed by atoms with Crippen molar-refractivity contribution in [3.8, 4) is 0 Å². The Morgan fingerprint density at radius 2 is 2.00 bits per heavy atom. The van der Waals surface area contributed by atoms with Gasteiger partial charge >= 0.3 is 0 Å². The van der Waals surface area contributed by atoms with E-state index in [1.54, 1.807) is 18.8 Å². The smallest absolute Gasteiger partial charge is 0.236 e. The van der Waals surface area contributed by atoms with Crippen LogP contribution in [0.1, 0.15) is 39.5 Å². The van der Waals surface area contributed by atoms with Gasteiger partial charge < -0.3 is 14.6 Å². The summed E-state index contributed by atoms with van der Waals surface area (Å²) in [4.78, 5) is 31.3. The van der Waals surface area contributed by atoms with E-state index in [0.29, 0.717) is 18.9 Å². The number of hydrogen-bond donors (Lipinski definition) is 0. The van der Waals surface area contributed by atoms with Gasteiger partial charge in [-0.2, -0.15) is 0 Å². The number of carbonyl (C=O) groups is 2. The van der Waals surface area contributed by atoms with Gasteiger partial charge in [-0.1, -0.05) is 0 Å². The largest absolute Gasteiger partial charge is 0.342 e. The quantitative estimate of drug-likeness (QED) is 0.405. The Labute approximate surface area is 144 Å². The van der Waals surface area contributed by atoms with Crippen molar-refractivity contribution in [2.24, 2.45) is 10.9 Å². The molecule has 0 radical (unpaired) electrons. The molecule has 132 valence electrons. The van der Waals surface area contributed by atoms with Crippen LogP contribution in [0.4, 0.5) is 0 Å². The van der Waals surface area contributed by atoms with Crippen LogP contribution in [0.25, 0.3) is 0 Å². The van der Waals surface area contributed by atoms with Gasteiger partial charge in [0.25, 0.3) is 0 Å². The number of likely N-dealkylation sites (tertiary alicyclic amines) is 1. The van der Waals surface area contributed by atoms with Crippen LogP contribution in [0.5, 0.6) is 0 Å². The Kier molecular flexibility index (Phi) is 8.26. The third-order valence-corrected chi connectivity index (χ3v) is 5.67. The first-order valence-corrected chi connectivity index (χ1v) is 9.10. The van der Waals surface area contributed by atoms with Gasteiger partial charge in [-0.3, -0.25) is 9.79 Å². The standard InChI is InChI=1S/C17H31N3O2S/c1-14(18-3)23-17(2,8-11-21)12-15-6-9-20(10-7-15)16(22)13-19(4)5/h11,15H,6-10,12-13H2,1-5H3. The summed E-state index contributed by atoms with van der Waals surface area (Å²) < 4.78 is -0.0914. The summed E-state index contributed by atoms with van der Waals surface area (Å²) in [6.45, 7) is 6.30. The van der Waals surface area contributed by atoms with Crippen molar-refractivity contribution in [3.05, 3.63) is 0 Å². The third kappa shape index (κ3) is 7.04. The minimum absolute atomic E-state index is 0.0914. The van der Waals surface area contributed by atoms with Crippen molar-refractivity contribution in [2.45, 2.75) is 44.3 Å². The summed E-state index contributed by atoms with van der Waals surface area (Å²) in [5, 5.41) is 1.02. The summed E-state index contributed by atoms with van der Waals surface area (Å²) in [6.07, 6.45) is 4.61. The molecular weight excluding hydrogens is 310 g/mol. The van der Waals surface area contributed by atoms with E-state index in [-0.39, 0.29) is 10.7 Å². The van der Waals surface area contributed by atoms with Crippen LogP contribution < -0.4 is 0 Å². The van der Waals surface area contributed by atoms with Crippen LogP contribution >= 0.6 is 11.8 Å². The van der Waals surface area contributed by atoms with Gasteiger partial charge in [0, 0.05) is 31.3 Å². The summed E-state index contributed by atoms with van der Waals surface area (Å²) in [6, 6.07) is 0. The van der Waals surface area contributed by atoms with Gasteiger partial charge in [0.1, 0.15) is 6.29 Å². The molecule has 0 spiro atoms. The van der Waals surface area contributed by atoms with Gasteiger partial charge in [-0.15, -0.1) is 11.8 Å². The highest BCUT2D eigenvalue weighted by molar-refractivity contribution is 8.15. The number of aldehydes is 1. The molecule has 1 amide bonds. The Bertz CT molecular complexity index is 432. The van der Waals surface area contributed by atoms with Crippen molar-refractivity contribution in [1.82, 2.24) is 9.80 Å². The zero-order valence-corrected chi connectivity index (χ0v) is 16.0. The van der Waals surface area contributed by atoms with Crippen molar-refractivity contribution >= 4 is 29.0 Å². The fourth-order valence-electron chi connectivity index (χ4n) is 3.11. The van der Waals surface area contributed by atoms with Gasteiger partial charge in [0.2, 0.25) is 5.91 Å². The highest BCUT2D eigenvalue weighted by atomic mass is 32.2. The van der Waals surface area contributed by atoms with Crippen LogP contribution in [-0.4, -0.2) is 72.6 Å². The van der Waals surface area contributed by atoms with E-state index >= 15 is 0 Å².